The number of likely N-dealkylation sites (N-methyl/N-ethyl adjacent to an activating group) is 1. The van der Waals surface area contributed by atoms with Crippen LogP contribution in [-0.2, 0) is 16.6 Å². The molecule has 0 unspecified atom stereocenters. The highest BCUT2D eigenvalue weighted by Crippen LogP contribution is 2.63. The van der Waals surface area contributed by atoms with E-state index < -0.39 is 6.10 Å². The predicted octanol–water partition coefficient (Wildman–Crippen LogP) is 2.10. The van der Waals surface area contributed by atoms with Crippen LogP contribution in [0.1, 0.15) is 30.0 Å². The normalized spacial score (nSPS) is 35.9. The van der Waals surface area contributed by atoms with Gasteiger partial charge in [0.15, 0.2) is 17.3 Å². The van der Waals surface area contributed by atoms with Crippen LogP contribution in [-0.4, -0.2) is 54.7 Å². The number of hydrogen-bond donors (Lipinski definition) is 1. The van der Waals surface area contributed by atoms with Crippen molar-refractivity contribution in [2.24, 2.45) is 5.92 Å². The number of nitrogens with zero attached hydrogens (tertiary/aromatic N) is 1. The summed E-state index contributed by atoms with van der Waals surface area (Å²) in [5.41, 5.74) is 3.24. The minimum Gasteiger partial charge on any atom is -0.493 e. The van der Waals surface area contributed by atoms with Crippen molar-refractivity contribution in [1.82, 2.24) is 4.90 Å². The lowest BCUT2D eigenvalue weighted by molar-refractivity contribution is -0.112. The molecule has 5 rings (SSSR count). The zero-order valence-electron chi connectivity index (χ0n) is 15.9. The maximum atomic E-state index is 11.5. The highest BCUT2D eigenvalue weighted by Gasteiger charge is 2.64. The van der Waals surface area contributed by atoms with Gasteiger partial charge < -0.3 is 19.5 Å². The number of methoxy groups -OCH3 is 1. The maximum absolute atomic E-state index is 11.5. The molecule has 2 heterocycles. The summed E-state index contributed by atoms with van der Waals surface area (Å²) in [6.45, 7) is 2.54. The number of piperidine rings is 1. The smallest absolute Gasteiger partial charge is 0.166 e. The van der Waals surface area contributed by atoms with Crippen LogP contribution < -0.4 is 9.47 Å². The van der Waals surface area contributed by atoms with Gasteiger partial charge in [-0.2, -0.15) is 0 Å². The molecular weight excluding hydrogens is 342 g/mol. The Morgan fingerprint density at radius 1 is 1.44 bits per heavy atom. The maximum Gasteiger partial charge on any atom is 0.166 e. The molecule has 2 bridgehead atoms. The average Bonchev–Trinajstić information content (AvgIpc) is 2.99. The summed E-state index contributed by atoms with van der Waals surface area (Å²) in [6.07, 6.45) is 8.57. The van der Waals surface area contributed by atoms with E-state index in [1.807, 2.05) is 18.2 Å². The van der Waals surface area contributed by atoms with Crippen molar-refractivity contribution in [2.75, 3.05) is 20.7 Å². The Labute approximate surface area is 159 Å². The van der Waals surface area contributed by atoms with Crippen LogP contribution in [0.3, 0.4) is 0 Å². The van der Waals surface area contributed by atoms with Crippen molar-refractivity contribution in [3.8, 4) is 11.5 Å². The second-order valence-corrected chi connectivity index (χ2v) is 8.28. The van der Waals surface area contributed by atoms with Crippen LogP contribution in [0.2, 0.25) is 0 Å². The van der Waals surface area contributed by atoms with E-state index in [4.69, 9.17) is 9.47 Å². The predicted molar refractivity (Wildman–Crippen MR) is 102 cm³/mol. The second-order valence-electron chi connectivity index (χ2n) is 8.28. The van der Waals surface area contributed by atoms with E-state index in [0.717, 1.165) is 30.7 Å². The van der Waals surface area contributed by atoms with Crippen molar-refractivity contribution in [2.45, 2.75) is 43.4 Å². The number of rotatable bonds is 3. The molecule has 5 nitrogen and oxygen atoms in total. The highest BCUT2D eigenvalue weighted by atomic mass is 16.5. The second kappa shape index (κ2) is 5.69. The van der Waals surface area contributed by atoms with Crippen molar-refractivity contribution >= 4 is 11.9 Å². The Morgan fingerprint density at radius 3 is 3.00 bits per heavy atom. The van der Waals surface area contributed by atoms with Crippen LogP contribution in [0.15, 0.2) is 24.3 Å². The van der Waals surface area contributed by atoms with Gasteiger partial charge in [-0.15, -0.1) is 0 Å². The molecule has 0 radical (unpaired) electrons. The number of ketones is 1. The summed E-state index contributed by atoms with van der Waals surface area (Å²) in [4.78, 5) is 14.0. The van der Waals surface area contributed by atoms with E-state index >= 15 is 0 Å². The van der Waals surface area contributed by atoms with Gasteiger partial charge in [-0.05, 0) is 56.6 Å². The van der Waals surface area contributed by atoms with Crippen LogP contribution in [0, 0.1) is 5.92 Å². The number of aliphatic hydroxyl groups excluding tert-OH is 1. The van der Waals surface area contributed by atoms with Crippen LogP contribution in [0.5, 0.6) is 11.5 Å². The SMILES string of the molecule is COc1cc(/C=C/C(C)=O)c2c3c1O[C@H]1[C@@H](O)C=C[C@H]4[C@@H](C2)N(C)CC[C@@]341. The molecule has 5 atom stereocenters. The first-order valence-corrected chi connectivity index (χ1v) is 9.63. The molecule has 0 saturated carbocycles. The number of carbonyl (C=O) groups is 1. The molecule has 0 amide bonds. The first kappa shape index (κ1) is 17.0. The fourth-order valence-electron chi connectivity index (χ4n) is 5.85. The summed E-state index contributed by atoms with van der Waals surface area (Å²) < 4.78 is 12.1. The zero-order chi connectivity index (χ0) is 18.9. The molecule has 1 saturated heterocycles. The van der Waals surface area contributed by atoms with Gasteiger partial charge in [0.2, 0.25) is 0 Å². The highest BCUT2D eigenvalue weighted by molar-refractivity contribution is 5.92. The van der Waals surface area contributed by atoms with Crippen molar-refractivity contribution in [3.63, 3.8) is 0 Å². The molecule has 4 aliphatic rings. The van der Waals surface area contributed by atoms with E-state index in [9.17, 15) is 9.90 Å². The third-order valence-electron chi connectivity index (χ3n) is 7.02. The largest absolute Gasteiger partial charge is 0.493 e. The Kier molecular flexibility index (Phi) is 3.59. The third-order valence-corrected chi connectivity index (χ3v) is 7.02. The van der Waals surface area contributed by atoms with Gasteiger partial charge in [-0.3, -0.25) is 4.79 Å². The van der Waals surface area contributed by atoms with E-state index in [-0.39, 0.29) is 17.3 Å². The van der Waals surface area contributed by atoms with Crippen molar-refractivity contribution in [1.29, 1.82) is 0 Å². The van der Waals surface area contributed by atoms with E-state index in [2.05, 4.69) is 18.0 Å². The molecular formula is C22H25NO4. The number of ether oxygens (including phenoxy) is 2. The summed E-state index contributed by atoms with van der Waals surface area (Å²) >= 11 is 0. The van der Waals surface area contributed by atoms with Crippen molar-refractivity contribution in [3.05, 3.63) is 41.0 Å². The molecule has 2 aliphatic carbocycles. The van der Waals surface area contributed by atoms with Crippen molar-refractivity contribution < 1.29 is 19.4 Å². The number of benzene rings is 1. The Bertz CT molecular complexity index is 889. The lowest BCUT2D eigenvalue weighted by atomic mass is 9.53. The molecule has 5 heteroatoms. The van der Waals surface area contributed by atoms with Gasteiger partial charge in [-0.1, -0.05) is 18.2 Å². The number of hydrogen-bond acceptors (Lipinski definition) is 5. The molecule has 1 fully saturated rings. The molecule has 1 aromatic carbocycles. The number of likely N-dealkylation sites (tertiary alicyclic amines) is 1. The topological polar surface area (TPSA) is 59.0 Å². The number of carbonyl (C=O) groups excluding carboxylic acids is 1. The summed E-state index contributed by atoms with van der Waals surface area (Å²) in [7, 11) is 3.83. The Morgan fingerprint density at radius 2 is 2.26 bits per heavy atom. The molecule has 2 aliphatic heterocycles. The van der Waals surface area contributed by atoms with Crippen LogP contribution in [0.25, 0.3) is 6.08 Å². The van der Waals surface area contributed by atoms with E-state index in [0.29, 0.717) is 17.7 Å². The molecule has 0 aromatic heterocycles. The molecule has 27 heavy (non-hydrogen) atoms. The summed E-state index contributed by atoms with van der Waals surface area (Å²) in [5.74, 6) is 1.81. The molecule has 1 spiro atoms. The fourth-order valence-corrected chi connectivity index (χ4v) is 5.85. The quantitative estimate of drug-likeness (QED) is 0.655. The van der Waals surface area contributed by atoms with Gasteiger partial charge in [0, 0.05) is 22.9 Å². The molecule has 1 N–H and O–H groups in total. The van der Waals surface area contributed by atoms with Crippen LogP contribution in [0.4, 0.5) is 0 Å². The Balaban J connectivity index is 1.80. The van der Waals surface area contributed by atoms with E-state index in [1.54, 1.807) is 20.1 Å². The van der Waals surface area contributed by atoms with Gasteiger partial charge in [0.25, 0.3) is 0 Å². The third kappa shape index (κ3) is 2.10. The zero-order valence-corrected chi connectivity index (χ0v) is 15.9. The first-order valence-electron chi connectivity index (χ1n) is 9.63. The monoisotopic (exact) mass is 367 g/mol. The Hall–Kier alpha value is -2.11. The van der Waals surface area contributed by atoms with E-state index in [1.165, 1.54) is 11.1 Å². The summed E-state index contributed by atoms with van der Waals surface area (Å²) in [6, 6.07) is 2.34. The van der Waals surface area contributed by atoms with Gasteiger partial charge in [0.1, 0.15) is 12.2 Å². The first-order chi connectivity index (χ1) is 13.0. The molecule has 142 valence electrons. The number of allylic oxidation sites excluding steroid dienone is 1. The number of aliphatic hydroxyl groups is 1. The molecule has 1 aromatic rings. The lowest BCUT2D eigenvalue weighted by Crippen LogP contribution is -2.64. The van der Waals surface area contributed by atoms with Gasteiger partial charge >= 0.3 is 0 Å². The fraction of sp³-hybridized carbons (Fsp3) is 0.500. The van der Waals surface area contributed by atoms with Gasteiger partial charge in [-0.25, -0.2) is 0 Å². The lowest BCUT2D eigenvalue weighted by Gasteiger charge is -2.56. The minimum atomic E-state index is -0.621. The van der Waals surface area contributed by atoms with Gasteiger partial charge in [0.05, 0.1) is 7.11 Å². The minimum absolute atomic E-state index is 0.0241. The van der Waals surface area contributed by atoms with Crippen LogP contribution >= 0.6 is 0 Å². The summed E-state index contributed by atoms with van der Waals surface area (Å²) in [5, 5.41) is 10.7. The average molecular weight is 367 g/mol. The standard InChI is InChI=1S/C22H25NO4/c1-12(24)4-5-13-10-18(26-3)20-19-14(13)11-16-15-6-7-17(25)21(27-20)22(15,19)8-9-23(16)2/h4-7,10,15-17,21,25H,8-9,11H2,1-3H3/b5-4+/t15-,16+,17-,21-,22-/m0/s1.